The van der Waals surface area contributed by atoms with Crippen molar-refractivity contribution < 1.29 is 4.79 Å². The van der Waals surface area contributed by atoms with Crippen LogP contribution in [0, 0.1) is 5.92 Å². The van der Waals surface area contributed by atoms with Crippen molar-refractivity contribution in [3.63, 3.8) is 0 Å². The van der Waals surface area contributed by atoms with Gasteiger partial charge >= 0.3 is 0 Å². The van der Waals surface area contributed by atoms with E-state index in [1.807, 2.05) is 50.4 Å². The summed E-state index contributed by atoms with van der Waals surface area (Å²) in [5.74, 6) is -0.0677. The van der Waals surface area contributed by atoms with E-state index in [4.69, 9.17) is 5.73 Å². The predicted molar refractivity (Wildman–Crippen MR) is 82.3 cm³/mol. The van der Waals surface area contributed by atoms with E-state index in [1.165, 1.54) is 0 Å². The summed E-state index contributed by atoms with van der Waals surface area (Å²) in [4.78, 5) is 11.9. The standard InChI is InChI=1S/C14H18N4O.ClH/c1-10(2)13(15)14(19)17-11-5-3-6-12(9-11)18-8-4-7-16-18;/h3-10,13H,15H2,1-2H3,(H,17,19);1H/t13-;/m1./s1. The number of hydrogen-bond acceptors (Lipinski definition) is 3. The molecular formula is C14H19ClN4O. The lowest BCUT2D eigenvalue weighted by molar-refractivity contribution is -0.118. The number of aromatic nitrogens is 2. The van der Waals surface area contributed by atoms with Crippen molar-refractivity contribution in [2.75, 3.05) is 5.32 Å². The number of benzene rings is 1. The summed E-state index contributed by atoms with van der Waals surface area (Å²) < 4.78 is 1.73. The fraction of sp³-hybridized carbons (Fsp3) is 0.286. The van der Waals surface area contributed by atoms with Crippen LogP contribution in [0.15, 0.2) is 42.7 Å². The minimum Gasteiger partial charge on any atom is -0.325 e. The van der Waals surface area contributed by atoms with E-state index in [0.29, 0.717) is 5.69 Å². The lowest BCUT2D eigenvalue weighted by atomic mass is 10.0. The largest absolute Gasteiger partial charge is 0.325 e. The van der Waals surface area contributed by atoms with E-state index in [-0.39, 0.29) is 24.2 Å². The molecule has 1 atom stereocenters. The molecule has 0 spiro atoms. The summed E-state index contributed by atoms with van der Waals surface area (Å²) in [6.07, 6.45) is 3.56. The van der Waals surface area contributed by atoms with Gasteiger partial charge in [-0.3, -0.25) is 4.79 Å². The molecule has 0 saturated heterocycles. The Labute approximate surface area is 124 Å². The van der Waals surface area contributed by atoms with Crippen molar-refractivity contribution in [2.24, 2.45) is 11.7 Å². The Morgan fingerprint density at radius 1 is 1.35 bits per heavy atom. The van der Waals surface area contributed by atoms with Gasteiger partial charge in [0.15, 0.2) is 0 Å². The van der Waals surface area contributed by atoms with E-state index >= 15 is 0 Å². The second-order valence-electron chi connectivity index (χ2n) is 4.76. The number of nitrogens with one attached hydrogen (secondary N) is 1. The fourth-order valence-corrected chi connectivity index (χ4v) is 1.68. The van der Waals surface area contributed by atoms with Crippen LogP contribution in [0.4, 0.5) is 5.69 Å². The van der Waals surface area contributed by atoms with Crippen molar-refractivity contribution in [1.29, 1.82) is 0 Å². The minimum absolute atomic E-state index is 0. The summed E-state index contributed by atoms with van der Waals surface area (Å²) in [7, 11) is 0. The van der Waals surface area contributed by atoms with Crippen molar-refractivity contribution in [2.45, 2.75) is 19.9 Å². The first-order valence-corrected chi connectivity index (χ1v) is 6.24. The molecule has 1 aromatic heterocycles. The first kappa shape index (κ1) is 16.2. The molecule has 2 rings (SSSR count). The number of anilines is 1. The molecule has 1 amide bonds. The second-order valence-corrected chi connectivity index (χ2v) is 4.76. The van der Waals surface area contributed by atoms with Crippen LogP contribution in [0.5, 0.6) is 0 Å². The summed E-state index contributed by atoms with van der Waals surface area (Å²) in [6.45, 7) is 3.84. The Kier molecular flexibility index (Phi) is 5.73. The zero-order valence-electron chi connectivity index (χ0n) is 11.5. The summed E-state index contributed by atoms with van der Waals surface area (Å²) in [6, 6.07) is 8.82. The Hall–Kier alpha value is -1.85. The zero-order chi connectivity index (χ0) is 13.8. The molecule has 0 aliphatic heterocycles. The van der Waals surface area contributed by atoms with Gasteiger partial charge in [-0.25, -0.2) is 4.68 Å². The summed E-state index contributed by atoms with van der Waals surface area (Å²) >= 11 is 0. The molecule has 5 nitrogen and oxygen atoms in total. The predicted octanol–water partition coefficient (Wildman–Crippen LogP) is 2.22. The van der Waals surface area contributed by atoms with Gasteiger partial charge in [0.2, 0.25) is 5.91 Å². The first-order chi connectivity index (χ1) is 9.08. The number of rotatable bonds is 4. The van der Waals surface area contributed by atoms with Gasteiger partial charge in [0, 0.05) is 18.1 Å². The molecule has 6 heteroatoms. The highest BCUT2D eigenvalue weighted by molar-refractivity contribution is 5.95. The second kappa shape index (κ2) is 7.07. The molecule has 108 valence electrons. The molecule has 3 N–H and O–H groups in total. The van der Waals surface area contributed by atoms with Crippen LogP contribution < -0.4 is 11.1 Å². The van der Waals surface area contributed by atoms with Gasteiger partial charge in [-0.1, -0.05) is 19.9 Å². The molecule has 0 unspecified atom stereocenters. The van der Waals surface area contributed by atoms with Crippen LogP contribution >= 0.6 is 12.4 Å². The molecule has 0 fully saturated rings. The number of amides is 1. The number of carbonyl (C=O) groups is 1. The third kappa shape index (κ3) is 3.82. The van der Waals surface area contributed by atoms with Crippen molar-refractivity contribution in [1.82, 2.24) is 9.78 Å². The lowest BCUT2D eigenvalue weighted by Gasteiger charge is -2.15. The molecule has 0 bridgehead atoms. The molecule has 0 radical (unpaired) electrons. The maximum Gasteiger partial charge on any atom is 0.241 e. The Morgan fingerprint density at radius 3 is 2.70 bits per heavy atom. The molecular weight excluding hydrogens is 276 g/mol. The van der Waals surface area contributed by atoms with Crippen molar-refractivity contribution in [3.8, 4) is 5.69 Å². The van der Waals surface area contributed by atoms with Crippen molar-refractivity contribution >= 4 is 24.0 Å². The molecule has 1 heterocycles. The highest BCUT2D eigenvalue weighted by atomic mass is 35.5. The van der Waals surface area contributed by atoms with Crippen LogP contribution in [0.3, 0.4) is 0 Å². The van der Waals surface area contributed by atoms with E-state index in [1.54, 1.807) is 10.9 Å². The minimum atomic E-state index is -0.506. The van der Waals surface area contributed by atoms with E-state index in [9.17, 15) is 4.79 Å². The number of halogens is 1. The van der Waals surface area contributed by atoms with Crippen LogP contribution in [0.1, 0.15) is 13.8 Å². The highest BCUT2D eigenvalue weighted by Crippen LogP contribution is 2.14. The molecule has 2 aromatic rings. The molecule has 0 aliphatic rings. The average Bonchev–Trinajstić information content (AvgIpc) is 2.91. The van der Waals surface area contributed by atoms with Gasteiger partial charge in [-0.2, -0.15) is 5.10 Å². The Balaban J connectivity index is 0.00000200. The maximum atomic E-state index is 11.9. The molecule has 0 aliphatic carbocycles. The quantitative estimate of drug-likeness (QED) is 0.908. The average molecular weight is 295 g/mol. The van der Waals surface area contributed by atoms with Gasteiger partial charge in [0.25, 0.3) is 0 Å². The maximum absolute atomic E-state index is 11.9. The molecule has 1 aromatic carbocycles. The van der Waals surface area contributed by atoms with E-state index in [0.717, 1.165) is 5.69 Å². The SMILES string of the molecule is CC(C)[C@@H](N)C(=O)Nc1cccc(-n2cccn2)c1.Cl. The summed E-state index contributed by atoms with van der Waals surface area (Å²) in [5.41, 5.74) is 7.42. The van der Waals surface area contributed by atoms with E-state index in [2.05, 4.69) is 10.4 Å². The Bertz CT molecular complexity index is 554. The topological polar surface area (TPSA) is 72.9 Å². The van der Waals surface area contributed by atoms with Crippen LogP contribution in [0.25, 0.3) is 5.69 Å². The number of nitrogens with zero attached hydrogens (tertiary/aromatic N) is 2. The number of hydrogen-bond donors (Lipinski definition) is 2. The number of nitrogens with two attached hydrogens (primary N) is 1. The third-order valence-corrected chi connectivity index (χ3v) is 2.90. The van der Waals surface area contributed by atoms with Gasteiger partial charge in [0.1, 0.15) is 0 Å². The molecule has 0 saturated carbocycles. The normalized spacial score (nSPS) is 11.8. The summed E-state index contributed by atoms with van der Waals surface area (Å²) in [5, 5.41) is 6.97. The molecule has 20 heavy (non-hydrogen) atoms. The fourth-order valence-electron chi connectivity index (χ4n) is 1.68. The monoisotopic (exact) mass is 294 g/mol. The van der Waals surface area contributed by atoms with Gasteiger partial charge in [-0.05, 0) is 30.2 Å². The smallest absolute Gasteiger partial charge is 0.241 e. The first-order valence-electron chi connectivity index (χ1n) is 6.24. The van der Waals surface area contributed by atoms with Crippen molar-refractivity contribution in [3.05, 3.63) is 42.7 Å². The van der Waals surface area contributed by atoms with E-state index < -0.39 is 6.04 Å². The van der Waals surface area contributed by atoms with Crippen LogP contribution in [-0.4, -0.2) is 21.7 Å². The van der Waals surface area contributed by atoms with Crippen LogP contribution in [0.2, 0.25) is 0 Å². The lowest BCUT2D eigenvalue weighted by Crippen LogP contribution is -2.39. The highest BCUT2D eigenvalue weighted by Gasteiger charge is 2.17. The third-order valence-electron chi connectivity index (χ3n) is 2.90. The van der Waals surface area contributed by atoms with Crippen LogP contribution in [-0.2, 0) is 4.79 Å². The zero-order valence-corrected chi connectivity index (χ0v) is 12.3. The van der Waals surface area contributed by atoms with Gasteiger partial charge in [0.05, 0.1) is 11.7 Å². The van der Waals surface area contributed by atoms with Gasteiger partial charge < -0.3 is 11.1 Å². The Morgan fingerprint density at radius 2 is 2.10 bits per heavy atom. The van der Waals surface area contributed by atoms with Gasteiger partial charge in [-0.15, -0.1) is 12.4 Å². The number of carbonyl (C=O) groups excluding carboxylic acids is 1.